The number of rotatable bonds is 2. The zero-order valence-corrected chi connectivity index (χ0v) is 13.2. The van der Waals surface area contributed by atoms with Crippen molar-refractivity contribution in [2.24, 2.45) is 0 Å². The molecule has 0 heterocycles. The van der Waals surface area contributed by atoms with E-state index in [2.05, 4.69) is 48.5 Å². The number of benzene rings is 4. The topological polar surface area (TPSA) is 52.0 Å². The first-order chi connectivity index (χ1) is 11.7. The van der Waals surface area contributed by atoms with E-state index < -0.39 is 0 Å². The molecule has 0 aromatic heterocycles. The monoisotopic (exact) mass is 310 g/mol. The Labute approximate surface area is 141 Å². The van der Waals surface area contributed by atoms with Crippen LogP contribution in [0.25, 0.3) is 33.0 Å². The molecule has 0 saturated carbocycles. The Morgan fingerprint density at radius 1 is 0.500 bits per heavy atom. The molecule has 4 aromatic rings. The van der Waals surface area contributed by atoms with E-state index in [-0.39, 0.29) is 0 Å². The molecular formula is C22H18N2. The van der Waals surface area contributed by atoms with Crippen molar-refractivity contribution < 1.29 is 0 Å². The zero-order valence-electron chi connectivity index (χ0n) is 13.2. The molecule has 0 aliphatic carbocycles. The summed E-state index contributed by atoms with van der Waals surface area (Å²) in [5.41, 5.74) is 18.4. The Bertz CT molecular complexity index is 1020. The lowest BCUT2D eigenvalue weighted by Crippen LogP contribution is -1.93. The third-order valence-electron chi connectivity index (χ3n) is 4.38. The van der Waals surface area contributed by atoms with Gasteiger partial charge in [0.2, 0.25) is 0 Å². The van der Waals surface area contributed by atoms with E-state index in [0.29, 0.717) is 0 Å². The lowest BCUT2D eigenvalue weighted by molar-refractivity contribution is 1.59. The number of anilines is 2. The summed E-state index contributed by atoms with van der Waals surface area (Å²) < 4.78 is 0. The predicted molar refractivity (Wildman–Crippen MR) is 104 cm³/mol. The van der Waals surface area contributed by atoms with Crippen LogP contribution < -0.4 is 11.5 Å². The normalized spacial score (nSPS) is 10.8. The van der Waals surface area contributed by atoms with Crippen LogP contribution >= 0.6 is 0 Å². The van der Waals surface area contributed by atoms with E-state index in [1.54, 1.807) is 0 Å². The van der Waals surface area contributed by atoms with Crippen LogP contribution in [0.4, 0.5) is 11.4 Å². The molecule has 0 unspecified atom stereocenters. The molecule has 4 aromatic carbocycles. The van der Waals surface area contributed by atoms with E-state index in [1.807, 2.05) is 36.4 Å². The first-order valence-corrected chi connectivity index (χ1v) is 7.96. The van der Waals surface area contributed by atoms with Gasteiger partial charge >= 0.3 is 0 Å². The molecule has 116 valence electrons. The van der Waals surface area contributed by atoms with Crippen LogP contribution in [0.15, 0.2) is 84.9 Å². The van der Waals surface area contributed by atoms with Gasteiger partial charge in [0.25, 0.3) is 0 Å². The van der Waals surface area contributed by atoms with E-state index >= 15 is 0 Å². The standard InChI is InChI=1S/C22H18N2/c23-16-10-11-17(15-6-2-1-3-7-15)21(14-16)19-12-13-22(24)20-9-5-4-8-18(19)20/h1-14H,23-24H2. The summed E-state index contributed by atoms with van der Waals surface area (Å²) in [5, 5.41) is 2.21. The second-order valence-corrected chi connectivity index (χ2v) is 5.92. The average Bonchev–Trinajstić information content (AvgIpc) is 2.63. The highest BCUT2D eigenvalue weighted by Crippen LogP contribution is 2.38. The van der Waals surface area contributed by atoms with Crippen molar-refractivity contribution in [1.82, 2.24) is 0 Å². The van der Waals surface area contributed by atoms with E-state index in [1.165, 1.54) is 11.1 Å². The Balaban J connectivity index is 2.05. The van der Waals surface area contributed by atoms with Crippen LogP contribution in [-0.2, 0) is 0 Å². The summed E-state index contributed by atoms with van der Waals surface area (Å²) in [6.07, 6.45) is 0. The van der Waals surface area contributed by atoms with Crippen LogP contribution in [-0.4, -0.2) is 0 Å². The van der Waals surface area contributed by atoms with Gasteiger partial charge in [0.1, 0.15) is 0 Å². The predicted octanol–water partition coefficient (Wildman–Crippen LogP) is 5.34. The summed E-state index contributed by atoms with van der Waals surface area (Å²) in [4.78, 5) is 0. The largest absolute Gasteiger partial charge is 0.399 e. The molecule has 2 nitrogen and oxygen atoms in total. The molecule has 4 N–H and O–H groups in total. The van der Waals surface area contributed by atoms with E-state index in [0.717, 1.165) is 33.3 Å². The van der Waals surface area contributed by atoms with Gasteiger partial charge in [-0.1, -0.05) is 66.7 Å². The summed E-state index contributed by atoms with van der Waals surface area (Å²) in [6.45, 7) is 0. The Morgan fingerprint density at radius 3 is 1.96 bits per heavy atom. The van der Waals surface area contributed by atoms with E-state index in [9.17, 15) is 0 Å². The maximum atomic E-state index is 6.16. The van der Waals surface area contributed by atoms with Gasteiger partial charge in [-0.15, -0.1) is 0 Å². The first-order valence-electron chi connectivity index (χ1n) is 7.96. The second-order valence-electron chi connectivity index (χ2n) is 5.92. The van der Waals surface area contributed by atoms with Gasteiger partial charge in [-0.05, 0) is 45.8 Å². The third-order valence-corrected chi connectivity index (χ3v) is 4.38. The quantitative estimate of drug-likeness (QED) is 0.491. The minimum atomic E-state index is 0.755. The van der Waals surface area contributed by atoms with Crippen LogP contribution in [0, 0.1) is 0 Å². The van der Waals surface area contributed by atoms with Crippen LogP contribution in [0.3, 0.4) is 0 Å². The van der Waals surface area contributed by atoms with Crippen LogP contribution in [0.2, 0.25) is 0 Å². The number of hydrogen-bond acceptors (Lipinski definition) is 2. The third kappa shape index (κ3) is 2.38. The fraction of sp³-hybridized carbons (Fsp3) is 0. The lowest BCUT2D eigenvalue weighted by Gasteiger charge is -2.14. The van der Waals surface area contributed by atoms with Gasteiger partial charge in [0.05, 0.1) is 0 Å². The molecule has 4 rings (SSSR count). The molecule has 0 bridgehead atoms. The van der Waals surface area contributed by atoms with Gasteiger partial charge in [-0.25, -0.2) is 0 Å². The van der Waals surface area contributed by atoms with Gasteiger partial charge in [-0.3, -0.25) is 0 Å². The van der Waals surface area contributed by atoms with Crippen LogP contribution in [0.5, 0.6) is 0 Å². The molecule has 0 radical (unpaired) electrons. The second kappa shape index (κ2) is 5.74. The number of fused-ring (bicyclic) bond motifs is 1. The van der Waals surface area contributed by atoms with Crippen molar-refractivity contribution in [3.63, 3.8) is 0 Å². The lowest BCUT2D eigenvalue weighted by atomic mass is 9.90. The van der Waals surface area contributed by atoms with Gasteiger partial charge in [-0.2, -0.15) is 0 Å². The fourth-order valence-electron chi connectivity index (χ4n) is 3.21. The van der Waals surface area contributed by atoms with Crippen molar-refractivity contribution >= 4 is 22.1 Å². The molecule has 0 fully saturated rings. The number of nitrogen functional groups attached to an aromatic ring is 2. The molecule has 0 amide bonds. The summed E-state index contributed by atoms with van der Waals surface area (Å²) in [5.74, 6) is 0. The summed E-state index contributed by atoms with van der Waals surface area (Å²) in [6, 6.07) is 28.7. The summed E-state index contributed by atoms with van der Waals surface area (Å²) >= 11 is 0. The highest BCUT2D eigenvalue weighted by atomic mass is 14.6. The molecule has 0 atom stereocenters. The van der Waals surface area contributed by atoms with Crippen molar-refractivity contribution in [1.29, 1.82) is 0 Å². The molecule has 0 aliphatic heterocycles. The van der Waals surface area contributed by atoms with Crippen molar-refractivity contribution in [2.45, 2.75) is 0 Å². The fourth-order valence-corrected chi connectivity index (χ4v) is 3.21. The van der Waals surface area contributed by atoms with Gasteiger partial charge in [0, 0.05) is 16.8 Å². The zero-order chi connectivity index (χ0) is 16.5. The maximum Gasteiger partial charge on any atom is 0.0394 e. The summed E-state index contributed by atoms with van der Waals surface area (Å²) in [7, 11) is 0. The molecule has 2 heteroatoms. The van der Waals surface area contributed by atoms with Gasteiger partial charge in [0.15, 0.2) is 0 Å². The molecule has 0 aliphatic rings. The minimum Gasteiger partial charge on any atom is -0.399 e. The van der Waals surface area contributed by atoms with Gasteiger partial charge < -0.3 is 11.5 Å². The Kier molecular flexibility index (Phi) is 3.43. The first kappa shape index (κ1) is 14.3. The Hall–Kier alpha value is -3.26. The minimum absolute atomic E-state index is 0.755. The Morgan fingerprint density at radius 2 is 1.17 bits per heavy atom. The number of nitrogens with two attached hydrogens (primary N) is 2. The molecular weight excluding hydrogens is 292 g/mol. The number of hydrogen-bond donors (Lipinski definition) is 2. The average molecular weight is 310 g/mol. The highest BCUT2D eigenvalue weighted by Gasteiger charge is 2.12. The highest BCUT2D eigenvalue weighted by molar-refractivity contribution is 6.05. The molecule has 0 saturated heterocycles. The van der Waals surface area contributed by atoms with Crippen LogP contribution in [0.1, 0.15) is 0 Å². The maximum absolute atomic E-state index is 6.16. The van der Waals surface area contributed by atoms with Crippen molar-refractivity contribution in [3.05, 3.63) is 84.9 Å². The molecule has 24 heavy (non-hydrogen) atoms. The smallest absolute Gasteiger partial charge is 0.0394 e. The molecule has 0 spiro atoms. The van der Waals surface area contributed by atoms with E-state index in [4.69, 9.17) is 11.5 Å². The van der Waals surface area contributed by atoms with Crippen molar-refractivity contribution in [3.8, 4) is 22.3 Å². The van der Waals surface area contributed by atoms with Crippen molar-refractivity contribution in [2.75, 3.05) is 11.5 Å². The SMILES string of the molecule is Nc1ccc(-c2ccccc2)c(-c2ccc(N)c3ccccc23)c1.